The predicted molar refractivity (Wildman–Crippen MR) is 55.0 cm³/mol. The van der Waals surface area contributed by atoms with E-state index in [0.29, 0.717) is 6.04 Å². The molecule has 0 aliphatic heterocycles. The van der Waals surface area contributed by atoms with Crippen molar-refractivity contribution in [1.82, 2.24) is 10.9 Å². The van der Waals surface area contributed by atoms with Crippen LogP contribution < -0.4 is 10.9 Å². The molecule has 0 aliphatic rings. The Bertz CT molecular complexity index is 79.9. The average molecular weight is 172 g/mol. The zero-order valence-corrected chi connectivity index (χ0v) is 8.82. The van der Waals surface area contributed by atoms with Crippen molar-refractivity contribution in [2.45, 2.75) is 58.9 Å². The summed E-state index contributed by atoms with van der Waals surface area (Å²) in [5, 5.41) is 0. The maximum absolute atomic E-state index is 3.33. The zero-order chi connectivity index (χ0) is 9.23. The molecule has 0 unspecified atom stereocenters. The number of unbranched alkanes of at least 4 members (excludes halogenated alkanes) is 2. The summed E-state index contributed by atoms with van der Waals surface area (Å²) < 4.78 is 0. The van der Waals surface area contributed by atoms with Gasteiger partial charge in [-0.3, -0.25) is 10.9 Å². The molecule has 0 atom stereocenters. The van der Waals surface area contributed by atoms with E-state index in [2.05, 4.69) is 31.6 Å². The van der Waals surface area contributed by atoms with Gasteiger partial charge >= 0.3 is 0 Å². The molecule has 0 heterocycles. The van der Waals surface area contributed by atoms with E-state index < -0.39 is 0 Å². The smallest absolute Gasteiger partial charge is 0.0207 e. The highest BCUT2D eigenvalue weighted by atomic mass is 15.4. The molecule has 0 fully saturated rings. The molecule has 2 nitrogen and oxygen atoms in total. The van der Waals surface area contributed by atoms with Gasteiger partial charge < -0.3 is 0 Å². The number of hydrazine groups is 1. The van der Waals surface area contributed by atoms with E-state index in [-0.39, 0.29) is 0 Å². The van der Waals surface area contributed by atoms with Crippen LogP contribution in [0.1, 0.15) is 52.9 Å². The summed E-state index contributed by atoms with van der Waals surface area (Å²) in [6.07, 6.45) is 6.32. The first-order valence-electron chi connectivity index (χ1n) is 5.33. The van der Waals surface area contributed by atoms with Crippen molar-refractivity contribution in [3.8, 4) is 0 Å². The Balaban J connectivity index is 3.06. The first-order valence-corrected chi connectivity index (χ1v) is 5.33. The first kappa shape index (κ1) is 11.9. The lowest BCUT2D eigenvalue weighted by atomic mass is 10.2. The molecule has 0 aromatic rings. The van der Waals surface area contributed by atoms with E-state index in [1.54, 1.807) is 0 Å². The van der Waals surface area contributed by atoms with Crippen molar-refractivity contribution >= 4 is 0 Å². The van der Waals surface area contributed by atoms with Gasteiger partial charge in [-0.05, 0) is 19.3 Å². The second kappa shape index (κ2) is 9.01. The molecule has 0 rings (SSSR count). The highest BCUT2D eigenvalue weighted by molar-refractivity contribution is 4.58. The molecule has 2 heteroatoms. The van der Waals surface area contributed by atoms with Crippen molar-refractivity contribution in [2.75, 3.05) is 6.54 Å². The van der Waals surface area contributed by atoms with Crippen LogP contribution in [-0.4, -0.2) is 12.6 Å². The maximum atomic E-state index is 3.33. The molecule has 0 radical (unpaired) electrons. The van der Waals surface area contributed by atoms with E-state index in [4.69, 9.17) is 0 Å². The molecule has 0 spiro atoms. The van der Waals surface area contributed by atoms with E-state index >= 15 is 0 Å². The van der Waals surface area contributed by atoms with Gasteiger partial charge in [0, 0.05) is 12.6 Å². The summed E-state index contributed by atoms with van der Waals surface area (Å²) in [7, 11) is 0. The number of nitrogens with one attached hydrogen (secondary N) is 2. The van der Waals surface area contributed by atoms with Gasteiger partial charge in [-0.25, -0.2) is 0 Å². The molecule has 0 aliphatic carbocycles. The Labute approximate surface area is 77.1 Å². The molecular weight excluding hydrogens is 148 g/mol. The minimum atomic E-state index is 0.645. The van der Waals surface area contributed by atoms with Gasteiger partial charge in [0.05, 0.1) is 0 Å². The molecule has 0 aromatic heterocycles. The fraction of sp³-hybridized carbons (Fsp3) is 1.00. The molecule has 0 saturated carbocycles. The second-order valence-corrected chi connectivity index (χ2v) is 3.29. The minimum Gasteiger partial charge on any atom is -0.258 e. The van der Waals surface area contributed by atoms with Crippen molar-refractivity contribution < 1.29 is 0 Å². The summed E-state index contributed by atoms with van der Waals surface area (Å²) in [4.78, 5) is 0. The van der Waals surface area contributed by atoms with Crippen LogP contribution in [0.25, 0.3) is 0 Å². The Kier molecular flexibility index (Phi) is 8.95. The van der Waals surface area contributed by atoms with Crippen LogP contribution in [0.4, 0.5) is 0 Å². The number of hydrogen-bond donors (Lipinski definition) is 2. The summed E-state index contributed by atoms with van der Waals surface area (Å²) in [5.41, 5.74) is 6.60. The highest BCUT2D eigenvalue weighted by Crippen LogP contribution is 1.94. The average Bonchev–Trinajstić information content (AvgIpc) is 2.11. The highest BCUT2D eigenvalue weighted by Gasteiger charge is 1.99. The van der Waals surface area contributed by atoms with Gasteiger partial charge in [-0.15, -0.1) is 0 Å². The maximum Gasteiger partial charge on any atom is 0.0207 e. The molecular formula is C10H24N2. The second-order valence-electron chi connectivity index (χ2n) is 3.29. The summed E-state index contributed by atoms with van der Waals surface area (Å²) in [5.74, 6) is 0. The number of rotatable bonds is 8. The van der Waals surface area contributed by atoms with Gasteiger partial charge in [0.25, 0.3) is 0 Å². The fourth-order valence-electron chi connectivity index (χ4n) is 1.17. The third-order valence-corrected chi connectivity index (χ3v) is 2.20. The van der Waals surface area contributed by atoms with E-state index in [0.717, 1.165) is 6.54 Å². The van der Waals surface area contributed by atoms with E-state index in [1.165, 1.54) is 32.1 Å². The Hall–Kier alpha value is -0.0800. The van der Waals surface area contributed by atoms with E-state index in [1.807, 2.05) is 0 Å². The van der Waals surface area contributed by atoms with Crippen LogP contribution in [0.3, 0.4) is 0 Å². The van der Waals surface area contributed by atoms with Crippen LogP contribution in [0.5, 0.6) is 0 Å². The Morgan fingerprint density at radius 3 is 2.17 bits per heavy atom. The molecule has 12 heavy (non-hydrogen) atoms. The van der Waals surface area contributed by atoms with Crippen molar-refractivity contribution in [3.63, 3.8) is 0 Å². The molecule has 0 bridgehead atoms. The summed E-state index contributed by atoms with van der Waals surface area (Å²) in [6, 6.07) is 0.645. The molecule has 2 N–H and O–H groups in total. The Morgan fingerprint density at radius 1 is 1.00 bits per heavy atom. The number of hydrogen-bond acceptors (Lipinski definition) is 2. The lowest BCUT2D eigenvalue weighted by Crippen LogP contribution is -2.40. The van der Waals surface area contributed by atoms with Gasteiger partial charge in [0.1, 0.15) is 0 Å². The van der Waals surface area contributed by atoms with E-state index in [9.17, 15) is 0 Å². The normalized spacial score (nSPS) is 11.0. The topological polar surface area (TPSA) is 24.1 Å². The monoisotopic (exact) mass is 172 g/mol. The molecule has 0 amide bonds. The summed E-state index contributed by atoms with van der Waals surface area (Å²) in [6.45, 7) is 7.77. The fourth-order valence-corrected chi connectivity index (χ4v) is 1.17. The van der Waals surface area contributed by atoms with Gasteiger partial charge in [0.15, 0.2) is 0 Å². The van der Waals surface area contributed by atoms with Crippen LogP contribution in [0.15, 0.2) is 0 Å². The van der Waals surface area contributed by atoms with Crippen molar-refractivity contribution in [3.05, 3.63) is 0 Å². The molecule has 0 saturated heterocycles. The van der Waals surface area contributed by atoms with Crippen LogP contribution in [-0.2, 0) is 0 Å². The largest absolute Gasteiger partial charge is 0.258 e. The molecule has 74 valence electrons. The Morgan fingerprint density at radius 2 is 1.67 bits per heavy atom. The van der Waals surface area contributed by atoms with Crippen molar-refractivity contribution in [1.29, 1.82) is 0 Å². The van der Waals surface area contributed by atoms with Crippen molar-refractivity contribution in [2.24, 2.45) is 0 Å². The van der Waals surface area contributed by atoms with Gasteiger partial charge in [0.2, 0.25) is 0 Å². The first-order chi connectivity index (χ1) is 5.85. The molecule has 0 aromatic carbocycles. The van der Waals surface area contributed by atoms with Crippen LogP contribution in [0, 0.1) is 0 Å². The standard InChI is InChI=1S/C10H24N2/c1-4-7-8-9-11-12-10(5-2)6-3/h10-12H,4-9H2,1-3H3. The van der Waals surface area contributed by atoms with Gasteiger partial charge in [-0.1, -0.05) is 33.6 Å². The zero-order valence-electron chi connectivity index (χ0n) is 8.82. The third kappa shape index (κ3) is 6.62. The van der Waals surface area contributed by atoms with Crippen LogP contribution in [0.2, 0.25) is 0 Å². The van der Waals surface area contributed by atoms with Crippen LogP contribution >= 0.6 is 0 Å². The summed E-state index contributed by atoms with van der Waals surface area (Å²) >= 11 is 0. The van der Waals surface area contributed by atoms with Gasteiger partial charge in [-0.2, -0.15) is 0 Å². The lowest BCUT2D eigenvalue weighted by Gasteiger charge is -2.15. The predicted octanol–water partition coefficient (Wildman–Crippen LogP) is 2.46. The lowest BCUT2D eigenvalue weighted by molar-refractivity contribution is 0.404. The minimum absolute atomic E-state index is 0.645. The quantitative estimate of drug-likeness (QED) is 0.434. The third-order valence-electron chi connectivity index (χ3n) is 2.20. The SMILES string of the molecule is CCCCCNNC(CC)CC.